The minimum atomic E-state index is -0.659. The Balaban J connectivity index is 2.24. The van der Waals surface area contributed by atoms with Crippen molar-refractivity contribution >= 4 is 35.0 Å². The number of pyridine rings is 1. The maximum Gasteiger partial charge on any atom is 0.341 e. The van der Waals surface area contributed by atoms with Crippen LogP contribution in [0.25, 0.3) is 23.1 Å². The molecule has 1 heterocycles. The summed E-state index contributed by atoms with van der Waals surface area (Å²) in [4.78, 5) is 30.5. The van der Waals surface area contributed by atoms with Crippen molar-refractivity contribution in [2.45, 2.75) is 13.8 Å². The van der Waals surface area contributed by atoms with Crippen LogP contribution in [0.2, 0.25) is 0 Å². The lowest BCUT2D eigenvalue weighted by Gasteiger charge is -2.14. The van der Waals surface area contributed by atoms with Gasteiger partial charge < -0.3 is 23.7 Å². The lowest BCUT2D eigenvalue weighted by atomic mass is 9.99. The second-order valence-electron chi connectivity index (χ2n) is 7.00. The Bertz CT molecular complexity index is 1210. The highest BCUT2D eigenvalue weighted by molar-refractivity contribution is 6.13. The number of para-hydroxylation sites is 1. The van der Waals surface area contributed by atoms with Gasteiger partial charge in [-0.25, -0.2) is 14.6 Å². The van der Waals surface area contributed by atoms with Gasteiger partial charge in [-0.3, -0.25) is 0 Å². The number of fused-ring (bicyclic) bond motifs is 1. The molecule has 0 atom stereocenters. The van der Waals surface area contributed by atoms with Crippen molar-refractivity contribution in [1.29, 1.82) is 0 Å². The SMILES string of the molecule is CCOC(=O)c1c(/C=C/c2cc(OC)c(OC)c(OC)c2)nc2ccccc2c1C(=O)OCC. The van der Waals surface area contributed by atoms with Crippen molar-refractivity contribution in [1.82, 2.24) is 4.98 Å². The summed E-state index contributed by atoms with van der Waals surface area (Å²) in [5, 5.41) is 0.508. The Kier molecular flexibility index (Phi) is 8.08. The standard InChI is InChI=1S/C26H27NO7/c1-6-33-25(28)22-17-10-8-9-11-18(17)27-19(23(22)26(29)34-7-2)13-12-16-14-20(30-3)24(32-5)21(15-16)31-4/h8-15H,6-7H2,1-5H3/b13-12+. The van der Waals surface area contributed by atoms with E-state index in [0.29, 0.717) is 33.7 Å². The van der Waals surface area contributed by atoms with Crippen molar-refractivity contribution < 1.29 is 33.3 Å². The zero-order valence-electron chi connectivity index (χ0n) is 19.8. The monoisotopic (exact) mass is 465 g/mol. The van der Waals surface area contributed by atoms with Crippen LogP contribution in [0.4, 0.5) is 0 Å². The van der Waals surface area contributed by atoms with Crippen LogP contribution in [-0.4, -0.2) is 51.5 Å². The normalized spacial score (nSPS) is 10.9. The Hall–Kier alpha value is -4.07. The first-order chi connectivity index (χ1) is 16.5. The van der Waals surface area contributed by atoms with Crippen molar-refractivity contribution in [3.63, 3.8) is 0 Å². The molecular formula is C26H27NO7. The Labute approximate surface area is 198 Å². The number of benzene rings is 2. The van der Waals surface area contributed by atoms with Gasteiger partial charge in [0.05, 0.1) is 51.3 Å². The molecule has 8 nitrogen and oxygen atoms in total. The van der Waals surface area contributed by atoms with Gasteiger partial charge in [-0.15, -0.1) is 0 Å². The second-order valence-corrected chi connectivity index (χ2v) is 7.00. The summed E-state index contributed by atoms with van der Waals surface area (Å²) in [6.07, 6.45) is 3.38. The van der Waals surface area contributed by atoms with Crippen LogP contribution in [0, 0.1) is 0 Å². The lowest BCUT2D eigenvalue weighted by molar-refractivity contribution is 0.0480. The molecule has 3 aromatic rings. The molecule has 178 valence electrons. The van der Waals surface area contributed by atoms with Gasteiger partial charge in [0.25, 0.3) is 0 Å². The van der Waals surface area contributed by atoms with E-state index in [4.69, 9.17) is 23.7 Å². The number of nitrogens with zero attached hydrogens (tertiary/aromatic N) is 1. The molecule has 8 heteroatoms. The lowest BCUT2D eigenvalue weighted by Crippen LogP contribution is -2.17. The van der Waals surface area contributed by atoms with Gasteiger partial charge in [0, 0.05) is 5.39 Å². The van der Waals surface area contributed by atoms with Crippen LogP contribution in [-0.2, 0) is 9.47 Å². The van der Waals surface area contributed by atoms with Gasteiger partial charge in [-0.1, -0.05) is 24.3 Å². The average Bonchev–Trinajstić information content (AvgIpc) is 2.85. The largest absolute Gasteiger partial charge is 0.493 e. The number of methoxy groups -OCH3 is 3. The maximum atomic E-state index is 13.0. The summed E-state index contributed by atoms with van der Waals surface area (Å²) in [6.45, 7) is 3.71. The number of hydrogen-bond donors (Lipinski definition) is 0. The van der Waals surface area contributed by atoms with Gasteiger partial charge in [-0.05, 0) is 43.7 Å². The predicted octanol–water partition coefficient (Wildman–Crippen LogP) is 4.78. The topological polar surface area (TPSA) is 93.2 Å². The Morgan fingerprint density at radius 1 is 0.824 bits per heavy atom. The van der Waals surface area contributed by atoms with E-state index in [1.807, 2.05) is 0 Å². The fourth-order valence-electron chi connectivity index (χ4n) is 3.55. The van der Waals surface area contributed by atoms with Gasteiger partial charge in [0.1, 0.15) is 5.56 Å². The van der Waals surface area contributed by atoms with E-state index in [2.05, 4.69) is 4.98 Å². The number of hydrogen-bond acceptors (Lipinski definition) is 8. The molecule has 0 radical (unpaired) electrons. The van der Waals surface area contributed by atoms with Gasteiger partial charge in [-0.2, -0.15) is 0 Å². The summed E-state index contributed by atoms with van der Waals surface area (Å²) in [5.41, 5.74) is 1.69. The minimum Gasteiger partial charge on any atom is -0.493 e. The molecular weight excluding hydrogens is 438 g/mol. The van der Waals surface area contributed by atoms with Crippen LogP contribution in [0.3, 0.4) is 0 Å². The fourth-order valence-corrected chi connectivity index (χ4v) is 3.55. The van der Waals surface area contributed by atoms with Crippen molar-refractivity contribution in [3.05, 3.63) is 58.8 Å². The third kappa shape index (κ3) is 4.96. The molecule has 34 heavy (non-hydrogen) atoms. The van der Waals surface area contributed by atoms with Crippen LogP contribution in [0.15, 0.2) is 36.4 Å². The highest BCUT2D eigenvalue weighted by Crippen LogP contribution is 2.38. The molecule has 1 aromatic heterocycles. The number of ether oxygens (including phenoxy) is 5. The third-order valence-electron chi connectivity index (χ3n) is 5.00. The van der Waals surface area contributed by atoms with E-state index in [0.717, 1.165) is 0 Å². The van der Waals surface area contributed by atoms with Gasteiger partial charge >= 0.3 is 11.9 Å². The van der Waals surface area contributed by atoms with Crippen LogP contribution in [0.1, 0.15) is 45.8 Å². The molecule has 2 aromatic carbocycles. The van der Waals surface area contributed by atoms with E-state index in [-0.39, 0.29) is 30.0 Å². The summed E-state index contributed by atoms with van der Waals surface area (Å²) in [5.74, 6) is 0.138. The van der Waals surface area contributed by atoms with E-state index in [1.54, 1.807) is 62.4 Å². The van der Waals surface area contributed by atoms with Gasteiger partial charge in [0.15, 0.2) is 11.5 Å². The van der Waals surface area contributed by atoms with Crippen molar-refractivity contribution in [3.8, 4) is 17.2 Å². The maximum absolute atomic E-state index is 13.0. The summed E-state index contributed by atoms with van der Waals surface area (Å²) >= 11 is 0. The summed E-state index contributed by atoms with van der Waals surface area (Å²) in [7, 11) is 4.58. The van der Waals surface area contributed by atoms with E-state index in [1.165, 1.54) is 21.3 Å². The number of carbonyl (C=O) groups excluding carboxylic acids is 2. The smallest absolute Gasteiger partial charge is 0.341 e. The third-order valence-corrected chi connectivity index (χ3v) is 5.00. The van der Waals surface area contributed by atoms with Crippen LogP contribution < -0.4 is 14.2 Å². The molecule has 0 aliphatic rings. The number of rotatable bonds is 9. The van der Waals surface area contributed by atoms with Crippen molar-refractivity contribution in [2.24, 2.45) is 0 Å². The van der Waals surface area contributed by atoms with Gasteiger partial charge in [0.2, 0.25) is 5.75 Å². The highest BCUT2D eigenvalue weighted by atomic mass is 16.5. The van der Waals surface area contributed by atoms with E-state index >= 15 is 0 Å². The van der Waals surface area contributed by atoms with E-state index < -0.39 is 11.9 Å². The number of carbonyl (C=O) groups is 2. The molecule has 3 rings (SSSR count). The molecule has 0 aliphatic heterocycles. The Morgan fingerprint density at radius 3 is 1.97 bits per heavy atom. The zero-order chi connectivity index (χ0) is 24.7. The van der Waals surface area contributed by atoms with Crippen LogP contribution >= 0.6 is 0 Å². The first kappa shape index (κ1) is 24.6. The molecule has 0 saturated carbocycles. The molecule has 0 bridgehead atoms. The first-order valence-corrected chi connectivity index (χ1v) is 10.7. The van der Waals surface area contributed by atoms with E-state index in [9.17, 15) is 9.59 Å². The minimum absolute atomic E-state index is 0.0442. The quantitative estimate of drug-likeness (QED) is 0.417. The molecule has 0 saturated heterocycles. The average molecular weight is 466 g/mol. The highest BCUT2D eigenvalue weighted by Gasteiger charge is 2.26. The fraction of sp³-hybridized carbons (Fsp3) is 0.269. The molecule has 0 aliphatic carbocycles. The number of esters is 2. The zero-order valence-corrected chi connectivity index (χ0v) is 19.8. The molecule has 0 fully saturated rings. The first-order valence-electron chi connectivity index (χ1n) is 10.7. The molecule has 0 unspecified atom stereocenters. The molecule has 0 amide bonds. The summed E-state index contributed by atoms with van der Waals surface area (Å²) < 4.78 is 26.7. The number of aromatic nitrogens is 1. The Morgan fingerprint density at radius 2 is 1.41 bits per heavy atom. The molecule has 0 N–H and O–H groups in total. The summed E-state index contributed by atoms with van der Waals surface area (Å²) in [6, 6.07) is 10.6. The van der Waals surface area contributed by atoms with Crippen LogP contribution in [0.5, 0.6) is 17.2 Å². The predicted molar refractivity (Wildman–Crippen MR) is 129 cm³/mol. The molecule has 0 spiro atoms. The second kappa shape index (κ2) is 11.2. The van der Waals surface area contributed by atoms with Crippen molar-refractivity contribution in [2.75, 3.05) is 34.5 Å².